The largest absolute Gasteiger partial charge is 0.481 e. The van der Waals surface area contributed by atoms with Crippen molar-refractivity contribution in [2.75, 3.05) is 11.5 Å². The smallest absolute Gasteiger partial charge is 0.342 e. The lowest BCUT2D eigenvalue weighted by Crippen LogP contribution is -2.07. The van der Waals surface area contributed by atoms with Crippen LogP contribution in [0.5, 0.6) is 0 Å². The van der Waals surface area contributed by atoms with E-state index in [0.29, 0.717) is 23.9 Å². The lowest BCUT2D eigenvalue weighted by molar-refractivity contribution is -0.392. The molecule has 0 radical (unpaired) electrons. The maximum absolute atomic E-state index is 10.7. The topological polar surface area (TPSA) is 98.3 Å². The number of thioether (sulfide) groups is 1. The fraction of sp³-hybridized carbons (Fsp3) is 0.556. The van der Waals surface area contributed by atoms with E-state index in [1.165, 1.54) is 22.5 Å². The molecule has 1 aromatic heterocycles. The molecule has 0 fully saturated rings. The minimum Gasteiger partial charge on any atom is -0.481 e. The van der Waals surface area contributed by atoms with Crippen molar-refractivity contribution in [2.24, 2.45) is 0 Å². The Morgan fingerprint density at radius 3 is 2.94 bits per heavy atom. The molecular formula is C9H13N3O4S. The molecule has 94 valence electrons. The summed E-state index contributed by atoms with van der Waals surface area (Å²) < 4.78 is 1.52. The second-order valence-electron chi connectivity index (χ2n) is 3.33. The van der Waals surface area contributed by atoms with Crippen molar-refractivity contribution < 1.29 is 14.8 Å². The van der Waals surface area contributed by atoms with Gasteiger partial charge in [-0.1, -0.05) is 0 Å². The first-order valence-electron chi connectivity index (χ1n) is 4.98. The zero-order chi connectivity index (χ0) is 12.8. The summed E-state index contributed by atoms with van der Waals surface area (Å²) in [4.78, 5) is 24.4. The van der Waals surface area contributed by atoms with E-state index in [-0.39, 0.29) is 12.2 Å². The highest BCUT2D eigenvalue weighted by atomic mass is 32.2. The van der Waals surface area contributed by atoms with Gasteiger partial charge in [-0.2, -0.15) is 11.8 Å². The molecule has 1 heterocycles. The molecule has 0 atom stereocenters. The third-order valence-electron chi connectivity index (χ3n) is 2.14. The van der Waals surface area contributed by atoms with Crippen molar-refractivity contribution >= 4 is 23.5 Å². The third kappa shape index (κ3) is 4.06. The molecule has 0 bridgehead atoms. The number of nitrogens with zero attached hydrogens (tertiary/aromatic N) is 3. The molecule has 17 heavy (non-hydrogen) atoms. The summed E-state index contributed by atoms with van der Waals surface area (Å²) in [5.41, 5.74) is 0. The third-order valence-corrected chi connectivity index (χ3v) is 3.10. The maximum atomic E-state index is 10.7. The normalized spacial score (nSPS) is 10.4. The number of nitro groups is 1. The van der Waals surface area contributed by atoms with E-state index in [0.717, 1.165) is 0 Å². The lowest BCUT2D eigenvalue weighted by Gasteiger charge is -2.02. The van der Waals surface area contributed by atoms with Gasteiger partial charge in [0.25, 0.3) is 0 Å². The highest BCUT2D eigenvalue weighted by Crippen LogP contribution is 2.15. The molecule has 7 nitrogen and oxygen atoms in total. The molecular weight excluding hydrogens is 246 g/mol. The predicted octanol–water partition coefficient (Wildman–Crippen LogP) is 1.31. The fourth-order valence-corrected chi connectivity index (χ4v) is 2.13. The summed E-state index contributed by atoms with van der Waals surface area (Å²) in [5.74, 6) is 0.876. The SMILES string of the molecule is Cc1ncc([N+](=O)[O-])n1CCSCCC(=O)O. The van der Waals surface area contributed by atoms with Crippen LogP contribution in [0.15, 0.2) is 6.20 Å². The van der Waals surface area contributed by atoms with Crippen LogP contribution >= 0.6 is 11.8 Å². The minimum absolute atomic E-state index is 0.0265. The van der Waals surface area contributed by atoms with Crippen LogP contribution in [0.25, 0.3) is 0 Å². The van der Waals surface area contributed by atoms with E-state index in [2.05, 4.69) is 4.98 Å². The highest BCUT2D eigenvalue weighted by molar-refractivity contribution is 7.99. The summed E-state index contributed by atoms with van der Waals surface area (Å²) in [7, 11) is 0. The second-order valence-corrected chi connectivity index (χ2v) is 4.55. The van der Waals surface area contributed by atoms with Crippen LogP contribution in [0.4, 0.5) is 5.82 Å². The molecule has 0 amide bonds. The number of aromatic nitrogens is 2. The Labute approximate surface area is 102 Å². The molecule has 0 aliphatic heterocycles. The summed E-state index contributed by atoms with van der Waals surface area (Å²) in [5, 5.41) is 19.1. The van der Waals surface area contributed by atoms with Crippen LogP contribution < -0.4 is 0 Å². The molecule has 0 unspecified atom stereocenters. The first kappa shape index (κ1) is 13.5. The summed E-state index contributed by atoms with van der Waals surface area (Å²) in [6.45, 7) is 2.17. The summed E-state index contributed by atoms with van der Waals surface area (Å²) in [6, 6.07) is 0. The summed E-state index contributed by atoms with van der Waals surface area (Å²) >= 11 is 1.46. The number of hydrogen-bond acceptors (Lipinski definition) is 5. The van der Waals surface area contributed by atoms with E-state index in [1.807, 2.05) is 0 Å². The number of carboxylic acids is 1. The van der Waals surface area contributed by atoms with Crippen molar-refractivity contribution in [3.8, 4) is 0 Å². The lowest BCUT2D eigenvalue weighted by atomic mass is 10.5. The molecule has 8 heteroatoms. The number of carboxylic acid groups (broad SMARTS) is 1. The van der Waals surface area contributed by atoms with Gasteiger partial charge in [0.05, 0.1) is 6.42 Å². The van der Waals surface area contributed by atoms with E-state index in [9.17, 15) is 14.9 Å². The van der Waals surface area contributed by atoms with Crippen molar-refractivity contribution in [3.63, 3.8) is 0 Å². The van der Waals surface area contributed by atoms with E-state index in [1.54, 1.807) is 6.92 Å². The van der Waals surface area contributed by atoms with Crippen LogP contribution in [0.2, 0.25) is 0 Å². The Morgan fingerprint density at radius 2 is 2.35 bits per heavy atom. The molecule has 0 spiro atoms. The molecule has 0 aliphatic rings. The quantitative estimate of drug-likeness (QED) is 0.450. The zero-order valence-corrected chi connectivity index (χ0v) is 10.1. The second kappa shape index (κ2) is 6.24. The van der Waals surface area contributed by atoms with Gasteiger partial charge in [-0.25, -0.2) is 9.55 Å². The van der Waals surface area contributed by atoms with Crippen molar-refractivity contribution in [1.29, 1.82) is 0 Å². The monoisotopic (exact) mass is 259 g/mol. The fourth-order valence-electron chi connectivity index (χ4n) is 1.30. The van der Waals surface area contributed by atoms with E-state index in [4.69, 9.17) is 5.11 Å². The van der Waals surface area contributed by atoms with Gasteiger partial charge in [0.2, 0.25) is 0 Å². The van der Waals surface area contributed by atoms with Crippen molar-refractivity contribution in [2.45, 2.75) is 19.9 Å². The first-order chi connectivity index (χ1) is 8.02. The Morgan fingerprint density at radius 1 is 1.65 bits per heavy atom. The van der Waals surface area contributed by atoms with Crippen LogP contribution in [0.1, 0.15) is 12.2 Å². The van der Waals surface area contributed by atoms with Crippen LogP contribution in [0, 0.1) is 17.0 Å². The van der Waals surface area contributed by atoms with Gasteiger partial charge in [0.15, 0.2) is 5.82 Å². The first-order valence-corrected chi connectivity index (χ1v) is 6.14. The number of rotatable bonds is 7. The van der Waals surface area contributed by atoms with Crippen LogP contribution in [-0.4, -0.2) is 37.1 Å². The van der Waals surface area contributed by atoms with E-state index >= 15 is 0 Å². The molecule has 0 aromatic carbocycles. The maximum Gasteiger partial charge on any atom is 0.342 e. The summed E-state index contributed by atoms with van der Waals surface area (Å²) in [6.07, 6.45) is 1.34. The molecule has 0 saturated carbocycles. The van der Waals surface area contributed by atoms with Crippen LogP contribution in [-0.2, 0) is 11.3 Å². The van der Waals surface area contributed by atoms with Gasteiger partial charge in [-0.05, 0) is 4.92 Å². The molecule has 0 saturated heterocycles. The predicted molar refractivity (Wildman–Crippen MR) is 63.2 cm³/mol. The number of aryl methyl sites for hydroxylation is 1. The van der Waals surface area contributed by atoms with Crippen molar-refractivity contribution in [1.82, 2.24) is 9.55 Å². The van der Waals surface area contributed by atoms with Gasteiger partial charge in [-0.3, -0.25) is 4.79 Å². The Bertz CT molecular complexity index is 418. The highest BCUT2D eigenvalue weighted by Gasteiger charge is 2.16. The standard InChI is InChI=1S/C9H13N3O4S/c1-7-10-6-8(12(15)16)11(7)3-5-17-4-2-9(13)14/h6H,2-5H2,1H3,(H,13,14). The van der Waals surface area contributed by atoms with Crippen molar-refractivity contribution in [3.05, 3.63) is 22.1 Å². The van der Waals surface area contributed by atoms with Crippen LogP contribution in [0.3, 0.4) is 0 Å². The molecule has 0 aliphatic carbocycles. The van der Waals surface area contributed by atoms with E-state index < -0.39 is 10.9 Å². The van der Waals surface area contributed by atoms with Gasteiger partial charge < -0.3 is 15.2 Å². The average molecular weight is 259 g/mol. The van der Waals surface area contributed by atoms with Gasteiger partial charge >= 0.3 is 11.8 Å². The number of hydrogen-bond donors (Lipinski definition) is 1. The van der Waals surface area contributed by atoms with Gasteiger partial charge in [0.1, 0.15) is 12.7 Å². The van der Waals surface area contributed by atoms with Gasteiger partial charge in [0, 0.05) is 18.4 Å². The Hall–Kier alpha value is -1.57. The zero-order valence-electron chi connectivity index (χ0n) is 9.33. The number of aliphatic carboxylic acids is 1. The minimum atomic E-state index is -0.831. The molecule has 1 N–H and O–H groups in total. The van der Waals surface area contributed by atoms with Gasteiger partial charge in [-0.15, -0.1) is 0 Å². The average Bonchev–Trinajstić information content (AvgIpc) is 2.59. The number of imidazole rings is 1. The Kier molecular flexibility index (Phi) is 4.95. The molecule has 1 aromatic rings. The molecule has 1 rings (SSSR count). The Balaban J connectivity index is 2.43. The number of carbonyl (C=O) groups is 1.